The summed E-state index contributed by atoms with van der Waals surface area (Å²) in [4.78, 5) is 0. The van der Waals surface area contributed by atoms with Gasteiger partial charge in [-0.3, -0.25) is 0 Å². The van der Waals surface area contributed by atoms with E-state index in [0.717, 1.165) is 23.3 Å². The van der Waals surface area contributed by atoms with Crippen LogP contribution in [0.4, 0.5) is 17.6 Å². The molecule has 0 bridgehead atoms. The molecule has 0 aromatic heterocycles. The van der Waals surface area contributed by atoms with Crippen molar-refractivity contribution in [1.29, 1.82) is 0 Å². The van der Waals surface area contributed by atoms with Gasteiger partial charge < -0.3 is 0 Å². The zero-order valence-electron chi connectivity index (χ0n) is 13.5. The molecule has 0 saturated carbocycles. The maximum atomic E-state index is 13.6. The Balaban J connectivity index is 2.43. The highest BCUT2D eigenvalue weighted by Gasteiger charge is 2.39. The van der Waals surface area contributed by atoms with Gasteiger partial charge in [-0.2, -0.15) is 13.2 Å². The van der Waals surface area contributed by atoms with E-state index in [9.17, 15) is 17.6 Å². The summed E-state index contributed by atoms with van der Waals surface area (Å²) in [6.07, 6.45) is -1.99. The number of alkyl halides is 3. The van der Waals surface area contributed by atoms with E-state index < -0.39 is 17.9 Å². The van der Waals surface area contributed by atoms with Gasteiger partial charge >= 0.3 is 6.18 Å². The highest BCUT2D eigenvalue weighted by Crippen LogP contribution is 2.38. The Kier molecular flexibility index (Phi) is 5.38. The summed E-state index contributed by atoms with van der Waals surface area (Å²) >= 11 is 5.70. The Morgan fingerprint density at radius 1 is 0.958 bits per heavy atom. The van der Waals surface area contributed by atoms with Crippen LogP contribution in [0.5, 0.6) is 0 Å². The molecule has 2 aromatic rings. The van der Waals surface area contributed by atoms with Crippen LogP contribution in [-0.4, -0.2) is 6.18 Å². The zero-order chi connectivity index (χ0) is 18.1. The van der Waals surface area contributed by atoms with Crippen LogP contribution < -0.4 is 0 Å². The number of halogens is 5. The molecular weight excluding hydrogens is 340 g/mol. The van der Waals surface area contributed by atoms with Gasteiger partial charge in [-0.25, -0.2) is 4.39 Å². The topological polar surface area (TPSA) is 0 Å². The number of allylic oxidation sites excluding steroid dienone is 1. The number of benzene rings is 2. The van der Waals surface area contributed by atoms with Crippen molar-refractivity contribution in [2.24, 2.45) is 0 Å². The van der Waals surface area contributed by atoms with Crippen LogP contribution in [0, 0.1) is 26.6 Å². The summed E-state index contributed by atoms with van der Waals surface area (Å²) in [5.74, 6) is -2.55. The Hall–Kier alpha value is -1.81. The largest absolute Gasteiger partial charge is 0.399 e. The molecule has 0 aliphatic rings. The van der Waals surface area contributed by atoms with Gasteiger partial charge in [0.1, 0.15) is 5.82 Å². The fourth-order valence-electron chi connectivity index (χ4n) is 2.42. The molecule has 0 amide bonds. The number of aryl methyl sites for hydroxylation is 3. The van der Waals surface area contributed by atoms with Gasteiger partial charge in [0.25, 0.3) is 0 Å². The van der Waals surface area contributed by atoms with E-state index in [1.54, 1.807) is 6.07 Å². The molecule has 1 unspecified atom stereocenters. The first-order chi connectivity index (χ1) is 11.1. The summed E-state index contributed by atoms with van der Waals surface area (Å²) < 4.78 is 53.9. The highest BCUT2D eigenvalue weighted by atomic mass is 35.5. The minimum absolute atomic E-state index is 0.0773. The standard InChI is InChI=1S/C19H17ClF4/c1-11-4-5-14(8-12(11)2)6-7-16(19(22,23)24)15-9-13(3)18(21)17(20)10-15/h4-10,16H,1-3H3/b7-6+. The molecule has 24 heavy (non-hydrogen) atoms. The fourth-order valence-corrected chi connectivity index (χ4v) is 2.69. The smallest absolute Gasteiger partial charge is 0.205 e. The zero-order valence-corrected chi connectivity index (χ0v) is 14.3. The molecule has 0 spiro atoms. The molecule has 0 N–H and O–H groups in total. The van der Waals surface area contributed by atoms with E-state index in [1.807, 2.05) is 26.0 Å². The minimum Gasteiger partial charge on any atom is -0.205 e. The Morgan fingerprint density at radius 3 is 2.17 bits per heavy atom. The second kappa shape index (κ2) is 6.98. The third-order valence-corrected chi connectivity index (χ3v) is 4.23. The van der Waals surface area contributed by atoms with Crippen molar-refractivity contribution >= 4 is 17.7 Å². The SMILES string of the molecule is Cc1ccc(/C=C/C(c2cc(C)c(F)c(Cl)c2)C(F)(F)F)cc1C. The summed E-state index contributed by atoms with van der Waals surface area (Å²) in [7, 11) is 0. The van der Waals surface area contributed by atoms with Crippen molar-refractivity contribution in [3.8, 4) is 0 Å². The third-order valence-electron chi connectivity index (χ3n) is 3.96. The number of hydrogen-bond acceptors (Lipinski definition) is 0. The van der Waals surface area contributed by atoms with Crippen molar-refractivity contribution in [3.63, 3.8) is 0 Å². The van der Waals surface area contributed by atoms with Crippen molar-refractivity contribution in [3.05, 3.63) is 75.1 Å². The van der Waals surface area contributed by atoms with Crippen molar-refractivity contribution in [1.82, 2.24) is 0 Å². The molecule has 0 radical (unpaired) electrons. The number of hydrogen-bond donors (Lipinski definition) is 0. The second-order valence-electron chi connectivity index (χ2n) is 5.86. The maximum absolute atomic E-state index is 13.6. The Bertz CT molecular complexity index is 752. The van der Waals surface area contributed by atoms with Crippen molar-refractivity contribution in [2.45, 2.75) is 32.9 Å². The van der Waals surface area contributed by atoms with Crippen LogP contribution in [0.1, 0.15) is 33.7 Å². The lowest BCUT2D eigenvalue weighted by atomic mass is 9.95. The fraction of sp³-hybridized carbons (Fsp3) is 0.263. The average molecular weight is 357 g/mol. The quantitative estimate of drug-likeness (QED) is 0.533. The molecule has 0 nitrogen and oxygen atoms in total. The van der Waals surface area contributed by atoms with Crippen LogP contribution in [0.15, 0.2) is 36.4 Å². The minimum atomic E-state index is -4.50. The molecule has 0 saturated heterocycles. The highest BCUT2D eigenvalue weighted by molar-refractivity contribution is 6.30. The van der Waals surface area contributed by atoms with Crippen LogP contribution in [0.2, 0.25) is 5.02 Å². The van der Waals surface area contributed by atoms with Crippen LogP contribution in [-0.2, 0) is 0 Å². The molecule has 0 aliphatic heterocycles. The maximum Gasteiger partial charge on any atom is 0.399 e. The Labute approximate surface area is 143 Å². The predicted octanol–water partition coefficient (Wildman–Crippen LogP) is 6.76. The van der Waals surface area contributed by atoms with Gasteiger partial charge in [0, 0.05) is 0 Å². The molecule has 1 atom stereocenters. The Morgan fingerprint density at radius 2 is 1.62 bits per heavy atom. The molecule has 5 heteroatoms. The van der Waals surface area contributed by atoms with E-state index in [2.05, 4.69) is 0 Å². The normalized spacial score (nSPS) is 13.5. The van der Waals surface area contributed by atoms with Crippen LogP contribution in [0.25, 0.3) is 6.08 Å². The van der Waals surface area contributed by atoms with Gasteiger partial charge in [0.15, 0.2) is 0 Å². The second-order valence-corrected chi connectivity index (χ2v) is 6.26. The van der Waals surface area contributed by atoms with E-state index >= 15 is 0 Å². The van der Waals surface area contributed by atoms with Crippen molar-refractivity contribution in [2.75, 3.05) is 0 Å². The van der Waals surface area contributed by atoms with Crippen molar-refractivity contribution < 1.29 is 17.6 Å². The monoisotopic (exact) mass is 356 g/mol. The molecular formula is C19H17ClF4. The van der Waals surface area contributed by atoms with Crippen LogP contribution in [0.3, 0.4) is 0 Å². The summed E-state index contributed by atoms with van der Waals surface area (Å²) in [5, 5.41) is -0.307. The van der Waals surface area contributed by atoms with E-state index in [4.69, 9.17) is 11.6 Å². The molecule has 2 aromatic carbocycles. The first-order valence-corrected chi connectivity index (χ1v) is 7.75. The van der Waals surface area contributed by atoms with Gasteiger partial charge in [0.2, 0.25) is 0 Å². The van der Waals surface area contributed by atoms with Gasteiger partial charge in [-0.15, -0.1) is 0 Å². The molecule has 0 heterocycles. The lowest BCUT2D eigenvalue weighted by molar-refractivity contribution is -0.139. The van der Waals surface area contributed by atoms with E-state index in [1.165, 1.54) is 19.1 Å². The molecule has 0 aliphatic carbocycles. The summed E-state index contributed by atoms with van der Waals surface area (Å²) in [6, 6.07) is 7.66. The lowest BCUT2D eigenvalue weighted by Crippen LogP contribution is -2.19. The summed E-state index contributed by atoms with van der Waals surface area (Å²) in [6.45, 7) is 5.23. The first-order valence-electron chi connectivity index (χ1n) is 7.37. The molecule has 0 fully saturated rings. The first kappa shape index (κ1) is 18.5. The molecule has 2 rings (SSSR count). The van der Waals surface area contributed by atoms with E-state index in [-0.39, 0.29) is 16.1 Å². The number of rotatable bonds is 3. The van der Waals surface area contributed by atoms with Gasteiger partial charge in [-0.1, -0.05) is 48.0 Å². The average Bonchev–Trinajstić information content (AvgIpc) is 2.47. The third kappa shape index (κ3) is 4.18. The lowest BCUT2D eigenvalue weighted by Gasteiger charge is -2.18. The molecule has 128 valence electrons. The van der Waals surface area contributed by atoms with Crippen LogP contribution >= 0.6 is 11.6 Å². The predicted molar refractivity (Wildman–Crippen MR) is 89.9 cm³/mol. The van der Waals surface area contributed by atoms with E-state index in [0.29, 0.717) is 5.56 Å². The summed E-state index contributed by atoms with van der Waals surface area (Å²) in [5.41, 5.74) is 2.76. The van der Waals surface area contributed by atoms with Gasteiger partial charge in [0.05, 0.1) is 10.9 Å². The van der Waals surface area contributed by atoms with Gasteiger partial charge in [-0.05, 0) is 54.7 Å².